The summed E-state index contributed by atoms with van der Waals surface area (Å²) in [5, 5.41) is 3.70. The molecular weight excluding hydrogens is 354 g/mol. The van der Waals surface area contributed by atoms with Crippen LogP contribution in [0.4, 0.5) is 5.69 Å². The normalized spacial score (nSPS) is 14.6. The van der Waals surface area contributed by atoms with E-state index >= 15 is 0 Å². The first-order valence-corrected chi connectivity index (χ1v) is 8.72. The van der Waals surface area contributed by atoms with E-state index in [1.54, 1.807) is 16.7 Å². The number of methoxy groups -OCH3 is 1. The number of nitrogens with zero attached hydrogens (tertiary/aromatic N) is 4. The number of hydrogen-bond acceptors (Lipinski definition) is 6. The van der Waals surface area contributed by atoms with Gasteiger partial charge < -0.3 is 15.0 Å². The Balaban J connectivity index is 1.75. The third-order valence-corrected chi connectivity index (χ3v) is 4.69. The highest BCUT2D eigenvalue weighted by Gasteiger charge is 2.13. The fourth-order valence-electron chi connectivity index (χ4n) is 3.07. The first kappa shape index (κ1) is 16.8. The zero-order valence-corrected chi connectivity index (χ0v) is 15.0. The third kappa shape index (κ3) is 3.11. The molecule has 4 rings (SSSR count). The third-order valence-electron chi connectivity index (χ3n) is 4.42. The Bertz CT molecular complexity index is 1010. The van der Waals surface area contributed by atoms with E-state index < -0.39 is 0 Å². The molecule has 0 unspecified atom stereocenters. The predicted molar refractivity (Wildman–Crippen MR) is 101 cm³/mol. The van der Waals surface area contributed by atoms with Crippen LogP contribution in [0.5, 0.6) is 5.88 Å². The SMILES string of the molecule is COc1ncc(-c2cc(=O)n3cc(N4CCNCC4)ccc3n2)cc1Cl. The maximum Gasteiger partial charge on any atom is 0.258 e. The van der Waals surface area contributed by atoms with Gasteiger partial charge in [0.2, 0.25) is 5.88 Å². The summed E-state index contributed by atoms with van der Waals surface area (Å²) in [5.74, 6) is 0.341. The summed E-state index contributed by atoms with van der Waals surface area (Å²) in [6.07, 6.45) is 3.44. The highest BCUT2D eigenvalue weighted by molar-refractivity contribution is 6.32. The first-order chi connectivity index (χ1) is 12.7. The van der Waals surface area contributed by atoms with E-state index in [0.29, 0.717) is 27.8 Å². The molecule has 1 N–H and O–H groups in total. The van der Waals surface area contributed by atoms with Crippen molar-refractivity contribution in [1.29, 1.82) is 0 Å². The van der Waals surface area contributed by atoms with Crippen LogP contribution >= 0.6 is 11.6 Å². The molecule has 1 aliphatic heterocycles. The van der Waals surface area contributed by atoms with Crippen LogP contribution in [0.15, 0.2) is 41.5 Å². The molecule has 0 atom stereocenters. The molecule has 0 spiro atoms. The maximum atomic E-state index is 12.6. The molecule has 3 aromatic heterocycles. The van der Waals surface area contributed by atoms with Crippen molar-refractivity contribution in [1.82, 2.24) is 19.7 Å². The van der Waals surface area contributed by atoms with Crippen molar-refractivity contribution in [2.75, 3.05) is 38.2 Å². The molecular formula is C18H18ClN5O2. The molecule has 0 bridgehead atoms. The van der Waals surface area contributed by atoms with Crippen molar-refractivity contribution in [3.05, 3.63) is 52.0 Å². The fourth-order valence-corrected chi connectivity index (χ4v) is 3.31. The van der Waals surface area contributed by atoms with Crippen molar-refractivity contribution in [3.63, 3.8) is 0 Å². The Kier molecular flexibility index (Phi) is 4.48. The number of nitrogens with one attached hydrogen (secondary N) is 1. The molecule has 1 aliphatic rings. The highest BCUT2D eigenvalue weighted by Crippen LogP contribution is 2.26. The Labute approximate surface area is 155 Å². The Morgan fingerprint density at radius 1 is 1.23 bits per heavy atom. The average molecular weight is 372 g/mol. The smallest absolute Gasteiger partial charge is 0.258 e. The van der Waals surface area contributed by atoms with Crippen LogP contribution in [0.3, 0.4) is 0 Å². The van der Waals surface area contributed by atoms with Crippen molar-refractivity contribution in [2.24, 2.45) is 0 Å². The minimum absolute atomic E-state index is 0.145. The van der Waals surface area contributed by atoms with Crippen LogP contribution in [0.1, 0.15) is 0 Å². The number of piperazine rings is 1. The number of aromatic nitrogens is 3. The molecule has 8 heteroatoms. The number of hydrogen-bond donors (Lipinski definition) is 1. The van der Waals surface area contributed by atoms with Gasteiger partial charge in [-0.15, -0.1) is 0 Å². The standard InChI is InChI=1S/C18H18ClN5O2/c1-26-18-14(19)8-12(10-21-18)15-9-17(25)24-11-13(2-3-16(24)22-15)23-6-4-20-5-7-23/h2-3,8-11,20H,4-7H2,1H3. The summed E-state index contributed by atoms with van der Waals surface area (Å²) in [6.45, 7) is 3.72. The van der Waals surface area contributed by atoms with Crippen LogP contribution < -0.4 is 20.5 Å². The Morgan fingerprint density at radius 3 is 2.77 bits per heavy atom. The van der Waals surface area contributed by atoms with Gasteiger partial charge in [-0.05, 0) is 18.2 Å². The van der Waals surface area contributed by atoms with Crippen LogP contribution in [0.25, 0.3) is 16.9 Å². The van der Waals surface area contributed by atoms with Gasteiger partial charge in [0.15, 0.2) is 0 Å². The molecule has 1 fully saturated rings. The molecule has 4 heterocycles. The van der Waals surface area contributed by atoms with Gasteiger partial charge >= 0.3 is 0 Å². The molecule has 0 amide bonds. The lowest BCUT2D eigenvalue weighted by atomic mass is 10.2. The van der Waals surface area contributed by atoms with Gasteiger partial charge in [0.1, 0.15) is 10.7 Å². The van der Waals surface area contributed by atoms with Gasteiger partial charge in [0.05, 0.1) is 18.5 Å². The van der Waals surface area contributed by atoms with E-state index in [0.717, 1.165) is 31.9 Å². The molecule has 26 heavy (non-hydrogen) atoms. The minimum atomic E-state index is -0.145. The molecule has 7 nitrogen and oxygen atoms in total. The number of rotatable bonds is 3. The Hall–Kier alpha value is -2.64. The largest absolute Gasteiger partial charge is 0.480 e. The van der Waals surface area contributed by atoms with E-state index in [9.17, 15) is 4.79 Å². The van der Waals surface area contributed by atoms with Crippen LogP contribution in [0, 0.1) is 0 Å². The molecule has 1 saturated heterocycles. The van der Waals surface area contributed by atoms with Gasteiger partial charge in [-0.3, -0.25) is 9.20 Å². The summed E-state index contributed by atoms with van der Waals surface area (Å²) in [7, 11) is 1.50. The van der Waals surface area contributed by atoms with Crippen molar-refractivity contribution in [2.45, 2.75) is 0 Å². The summed E-state index contributed by atoms with van der Waals surface area (Å²) in [5.41, 5.74) is 2.65. The average Bonchev–Trinajstić information content (AvgIpc) is 2.68. The van der Waals surface area contributed by atoms with Gasteiger partial charge in [0.25, 0.3) is 5.56 Å². The second-order valence-corrected chi connectivity index (χ2v) is 6.45. The number of anilines is 1. The second kappa shape index (κ2) is 6.93. The quantitative estimate of drug-likeness (QED) is 0.757. The second-order valence-electron chi connectivity index (χ2n) is 6.05. The summed E-state index contributed by atoms with van der Waals surface area (Å²) in [6, 6.07) is 7.05. The lowest BCUT2D eigenvalue weighted by molar-refractivity contribution is 0.398. The van der Waals surface area contributed by atoms with Crippen molar-refractivity contribution in [3.8, 4) is 17.1 Å². The molecule has 3 aromatic rings. The van der Waals surface area contributed by atoms with E-state index in [-0.39, 0.29) is 5.56 Å². The molecule has 0 aromatic carbocycles. The first-order valence-electron chi connectivity index (χ1n) is 8.35. The van der Waals surface area contributed by atoms with Gasteiger partial charge in [-0.2, -0.15) is 0 Å². The number of halogens is 1. The van der Waals surface area contributed by atoms with Crippen LogP contribution in [-0.4, -0.2) is 47.7 Å². The zero-order valence-electron chi connectivity index (χ0n) is 14.3. The van der Waals surface area contributed by atoms with E-state index in [1.807, 2.05) is 18.3 Å². The van der Waals surface area contributed by atoms with Gasteiger partial charge in [0, 0.05) is 50.2 Å². The molecule has 0 saturated carbocycles. The fraction of sp³-hybridized carbons (Fsp3) is 0.278. The van der Waals surface area contributed by atoms with Gasteiger partial charge in [-0.25, -0.2) is 9.97 Å². The molecule has 0 aliphatic carbocycles. The molecule has 0 radical (unpaired) electrons. The zero-order chi connectivity index (χ0) is 18.1. The predicted octanol–water partition coefficient (Wildman–Crippen LogP) is 1.83. The monoisotopic (exact) mass is 371 g/mol. The summed E-state index contributed by atoms with van der Waals surface area (Å²) >= 11 is 6.13. The number of fused-ring (bicyclic) bond motifs is 1. The van der Waals surface area contributed by atoms with E-state index in [1.165, 1.54) is 13.2 Å². The van der Waals surface area contributed by atoms with Crippen molar-refractivity contribution < 1.29 is 4.74 Å². The van der Waals surface area contributed by atoms with Gasteiger partial charge in [-0.1, -0.05) is 11.6 Å². The molecule has 134 valence electrons. The number of pyridine rings is 2. The maximum absolute atomic E-state index is 12.6. The Morgan fingerprint density at radius 2 is 2.04 bits per heavy atom. The lowest BCUT2D eigenvalue weighted by Gasteiger charge is -2.29. The highest BCUT2D eigenvalue weighted by atomic mass is 35.5. The number of ether oxygens (including phenoxy) is 1. The van der Waals surface area contributed by atoms with Crippen molar-refractivity contribution >= 4 is 22.9 Å². The van der Waals surface area contributed by atoms with E-state index in [4.69, 9.17) is 16.3 Å². The minimum Gasteiger partial charge on any atom is -0.480 e. The lowest BCUT2D eigenvalue weighted by Crippen LogP contribution is -2.43. The topological polar surface area (TPSA) is 71.8 Å². The van der Waals surface area contributed by atoms with Crippen LogP contribution in [-0.2, 0) is 0 Å². The summed E-state index contributed by atoms with van der Waals surface area (Å²) < 4.78 is 6.63. The summed E-state index contributed by atoms with van der Waals surface area (Å²) in [4.78, 5) is 23.6. The van der Waals surface area contributed by atoms with E-state index in [2.05, 4.69) is 20.2 Å². The van der Waals surface area contributed by atoms with Crippen LogP contribution in [0.2, 0.25) is 5.02 Å².